The molecule has 22 nitrogen and oxygen atoms in total. The lowest BCUT2D eigenvalue weighted by atomic mass is 9.93. The van der Waals surface area contributed by atoms with Gasteiger partial charge in [-0.15, -0.1) is 0 Å². The molecule has 290 valence electrons. The van der Waals surface area contributed by atoms with E-state index >= 15 is 0 Å². The summed E-state index contributed by atoms with van der Waals surface area (Å²) < 4.78 is 40.0. The van der Waals surface area contributed by atoms with Gasteiger partial charge >= 0.3 is 0 Å². The van der Waals surface area contributed by atoms with Crippen LogP contribution in [-0.4, -0.2) is 211 Å². The molecule has 2 amide bonds. The van der Waals surface area contributed by atoms with Crippen LogP contribution in [0.4, 0.5) is 0 Å². The molecule has 20 atom stereocenters. The zero-order valence-corrected chi connectivity index (χ0v) is 27.3. The largest absolute Gasteiger partial charge is 0.394 e. The fourth-order valence-electron chi connectivity index (χ4n) is 6.29. The van der Waals surface area contributed by atoms with E-state index in [1.165, 1.54) is 6.92 Å². The predicted octanol–water partition coefficient (Wildman–Crippen LogP) is -8.43. The Kier molecular flexibility index (Phi) is 14.2. The second kappa shape index (κ2) is 17.4. The van der Waals surface area contributed by atoms with Gasteiger partial charge in [0.05, 0.1) is 25.9 Å². The molecule has 0 aliphatic carbocycles. The van der Waals surface area contributed by atoms with Gasteiger partial charge in [0.2, 0.25) is 11.8 Å². The number of carbonyl (C=O) groups is 2. The minimum Gasteiger partial charge on any atom is -0.394 e. The Bertz CT molecular complexity index is 1120. The molecule has 0 unspecified atom stereocenters. The van der Waals surface area contributed by atoms with Crippen LogP contribution in [0.3, 0.4) is 0 Å². The first-order valence-electron chi connectivity index (χ1n) is 15.9. The van der Waals surface area contributed by atoms with E-state index < -0.39 is 154 Å². The molecule has 50 heavy (non-hydrogen) atoms. The highest BCUT2D eigenvalue weighted by Crippen LogP contribution is 2.34. The highest BCUT2D eigenvalue weighted by molar-refractivity contribution is 5.73. The van der Waals surface area contributed by atoms with Gasteiger partial charge in [-0.3, -0.25) is 9.59 Å². The number of hydrogen-bond donors (Lipinski definition) is 13. The van der Waals surface area contributed by atoms with Crippen molar-refractivity contribution in [2.75, 3.05) is 19.8 Å². The summed E-state index contributed by atoms with van der Waals surface area (Å²) in [7, 11) is 0. The summed E-state index contributed by atoms with van der Waals surface area (Å²) in [5.41, 5.74) is 0. The van der Waals surface area contributed by atoms with Gasteiger partial charge in [0.25, 0.3) is 0 Å². The third kappa shape index (κ3) is 8.70. The average Bonchev–Trinajstić information content (AvgIpc) is 3.07. The number of ether oxygens (including phenoxy) is 7. The molecule has 0 saturated carbocycles. The molecule has 13 N–H and O–H groups in total. The van der Waals surface area contributed by atoms with Crippen LogP contribution in [0.25, 0.3) is 0 Å². The molecule has 0 aromatic carbocycles. The van der Waals surface area contributed by atoms with E-state index in [0.717, 1.165) is 13.8 Å². The standard InChI is InChI=1S/C28H48N2O20/c1-7-15(36)18(39)20(41)27(44-7)50-24-14(30-9(3)35)25(43)45-12(6-33)23(24)49-26-13(29-8(2)34)17(38)22(11(5-32)47-26)48-28-21(42)19(40)16(37)10(4-31)46-28/h7,10-28,31-33,36-43H,4-6H2,1-3H3,(H,29,34)(H,30,35)/t7-,10+,11+,12+,13+,14+,15+,16+,17+,18+,19-,20-,21-,22+,23+,24+,25+,26-,27-,28-/m0/s1. The number of rotatable bonds is 11. The van der Waals surface area contributed by atoms with Gasteiger partial charge in [-0.05, 0) is 6.92 Å². The highest BCUT2D eigenvalue weighted by Gasteiger charge is 2.56. The molecule has 4 aliphatic rings. The van der Waals surface area contributed by atoms with Crippen LogP contribution in [0.2, 0.25) is 0 Å². The SMILES string of the molecule is CC(=O)N[C@@H]1[C@@H](O[C@@H]2O[C@@H](C)[C@@H](O)[C@@H](O)[C@@H]2O)[C@H](O[C@@H]2O[C@H](CO)[C@@H](O[C@@H]3O[C@H](CO)[C@@H](O)[C@H](O)[C@@H]3O)[C@H](O)[C@H]2NC(C)=O)[C@@H](CO)O[C@H]1O. The fourth-order valence-corrected chi connectivity index (χ4v) is 6.29. The zero-order valence-electron chi connectivity index (χ0n) is 27.3. The normalized spacial score (nSPS) is 48.5. The van der Waals surface area contributed by atoms with Crippen molar-refractivity contribution in [3.63, 3.8) is 0 Å². The number of carbonyl (C=O) groups excluding carboxylic acids is 2. The Morgan fingerprint density at radius 2 is 0.980 bits per heavy atom. The minimum atomic E-state index is -1.91. The van der Waals surface area contributed by atoms with Crippen molar-refractivity contribution in [3.8, 4) is 0 Å². The summed E-state index contributed by atoms with van der Waals surface area (Å²) in [5.74, 6) is -1.44. The van der Waals surface area contributed by atoms with Crippen LogP contribution in [0.1, 0.15) is 20.8 Å². The molecule has 0 radical (unpaired) electrons. The lowest BCUT2D eigenvalue weighted by Crippen LogP contribution is -2.71. The Labute approximate surface area is 285 Å². The Morgan fingerprint density at radius 3 is 1.54 bits per heavy atom. The lowest BCUT2D eigenvalue weighted by molar-refractivity contribution is -0.373. The fraction of sp³-hybridized carbons (Fsp3) is 0.929. The molecule has 0 spiro atoms. The highest BCUT2D eigenvalue weighted by atomic mass is 16.8. The monoisotopic (exact) mass is 732 g/mol. The first-order chi connectivity index (χ1) is 23.5. The number of amides is 2. The van der Waals surface area contributed by atoms with Crippen LogP contribution in [0.15, 0.2) is 0 Å². The molecule has 4 heterocycles. The minimum absolute atomic E-state index is 0.699. The van der Waals surface area contributed by atoms with Crippen LogP contribution < -0.4 is 10.6 Å². The Morgan fingerprint density at radius 1 is 0.520 bits per heavy atom. The van der Waals surface area contributed by atoms with Crippen LogP contribution in [0, 0.1) is 0 Å². The zero-order chi connectivity index (χ0) is 37.2. The van der Waals surface area contributed by atoms with E-state index in [9.17, 15) is 65.8 Å². The number of hydrogen-bond acceptors (Lipinski definition) is 20. The molecule has 4 fully saturated rings. The molecule has 0 aromatic heterocycles. The summed E-state index contributed by atoms with van der Waals surface area (Å²) in [5, 5.41) is 119. The van der Waals surface area contributed by atoms with Gasteiger partial charge in [-0.25, -0.2) is 0 Å². The third-order valence-corrected chi connectivity index (χ3v) is 8.97. The van der Waals surface area contributed by atoms with Gasteiger partial charge in [-0.1, -0.05) is 0 Å². The van der Waals surface area contributed by atoms with Gasteiger partial charge in [0.1, 0.15) is 91.4 Å². The Balaban J connectivity index is 1.66. The van der Waals surface area contributed by atoms with Gasteiger partial charge < -0.3 is 100.0 Å². The second-order valence-corrected chi connectivity index (χ2v) is 12.6. The van der Waals surface area contributed by atoms with Crippen molar-refractivity contribution >= 4 is 11.8 Å². The summed E-state index contributed by atoms with van der Waals surface area (Å²) >= 11 is 0. The molecule has 4 saturated heterocycles. The Hall–Kier alpha value is -1.78. The average molecular weight is 733 g/mol. The quantitative estimate of drug-likeness (QED) is 0.0938. The van der Waals surface area contributed by atoms with Crippen molar-refractivity contribution < 1.29 is 98.9 Å². The van der Waals surface area contributed by atoms with Gasteiger partial charge in [0, 0.05) is 13.8 Å². The summed E-state index contributed by atoms with van der Waals surface area (Å²) in [6.07, 6.45) is -30.0. The summed E-state index contributed by atoms with van der Waals surface area (Å²) in [6.45, 7) is 0.985. The second-order valence-electron chi connectivity index (χ2n) is 12.6. The topological polar surface area (TPSA) is 345 Å². The van der Waals surface area contributed by atoms with E-state index in [1.54, 1.807) is 0 Å². The number of aliphatic hydroxyl groups excluding tert-OH is 11. The van der Waals surface area contributed by atoms with Crippen molar-refractivity contribution in [3.05, 3.63) is 0 Å². The first kappa shape index (κ1) is 41.0. The van der Waals surface area contributed by atoms with Crippen LogP contribution in [-0.2, 0) is 42.7 Å². The molecule has 4 aliphatic heterocycles. The predicted molar refractivity (Wildman–Crippen MR) is 156 cm³/mol. The van der Waals surface area contributed by atoms with Crippen molar-refractivity contribution in [1.29, 1.82) is 0 Å². The molecule has 0 aromatic rings. The maximum atomic E-state index is 12.3. The van der Waals surface area contributed by atoms with E-state index in [4.69, 9.17) is 33.2 Å². The van der Waals surface area contributed by atoms with Crippen LogP contribution in [0.5, 0.6) is 0 Å². The lowest BCUT2D eigenvalue weighted by Gasteiger charge is -2.50. The van der Waals surface area contributed by atoms with Gasteiger partial charge in [0.15, 0.2) is 25.2 Å². The van der Waals surface area contributed by atoms with Crippen molar-refractivity contribution in [2.24, 2.45) is 0 Å². The number of nitrogens with one attached hydrogen (secondary N) is 2. The van der Waals surface area contributed by atoms with Gasteiger partial charge in [-0.2, -0.15) is 0 Å². The van der Waals surface area contributed by atoms with Crippen molar-refractivity contribution in [1.82, 2.24) is 10.6 Å². The third-order valence-electron chi connectivity index (χ3n) is 8.97. The number of aliphatic hydroxyl groups is 11. The molecular weight excluding hydrogens is 684 g/mol. The van der Waals surface area contributed by atoms with E-state index in [0.29, 0.717) is 0 Å². The van der Waals surface area contributed by atoms with Crippen molar-refractivity contribution in [2.45, 2.75) is 143 Å². The smallest absolute Gasteiger partial charge is 0.217 e. The van der Waals surface area contributed by atoms with E-state index in [2.05, 4.69) is 10.6 Å². The summed E-state index contributed by atoms with van der Waals surface area (Å²) in [4.78, 5) is 24.5. The van der Waals surface area contributed by atoms with Crippen LogP contribution >= 0.6 is 0 Å². The molecule has 4 rings (SSSR count). The molecule has 0 bridgehead atoms. The molecule has 22 heteroatoms. The summed E-state index contributed by atoms with van der Waals surface area (Å²) in [6, 6.07) is -3.11. The molecular formula is C28H48N2O20. The van der Waals surface area contributed by atoms with E-state index in [-0.39, 0.29) is 0 Å². The maximum absolute atomic E-state index is 12.3. The van der Waals surface area contributed by atoms with E-state index in [1.807, 2.05) is 0 Å². The first-order valence-corrected chi connectivity index (χ1v) is 15.9. The maximum Gasteiger partial charge on any atom is 0.217 e.